The van der Waals surface area contributed by atoms with Gasteiger partial charge in [0.05, 0.1) is 16.8 Å². The van der Waals surface area contributed by atoms with Gasteiger partial charge in [0.1, 0.15) is 11.2 Å². The van der Waals surface area contributed by atoms with Gasteiger partial charge in [-0.25, -0.2) is 0 Å². The van der Waals surface area contributed by atoms with Crippen molar-refractivity contribution in [2.75, 3.05) is 20.1 Å². The van der Waals surface area contributed by atoms with E-state index < -0.39 is 5.54 Å². The van der Waals surface area contributed by atoms with Crippen molar-refractivity contribution in [1.82, 2.24) is 19.7 Å². The van der Waals surface area contributed by atoms with Crippen LogP contribution in [0, 0.1) is 0 Å². The SMILES string of the molecule is CN(CCCN1C(=O)c2cc3sccc3n2CC1(C)C(=O)NC1CCCCC1)Cc1ccccc1. The van der Waals surface area contributed by atoms with Crippen LogP contribution in [0.5, 0.6) is 0 Å². The molecule has 5 rings (SSSR count). The van der Waals surface area contributed by atoms with Crippen LogP contribution >= 0.6 is 11.3 Å². The Hall–Kier alpha value is -2.64. The maximum absolute atomic E-state index is 13.8. The van der Waals surface area contributed by atoms with Gasteiger partial charge in [-0.1, -0.05) is 49.6 Å². The van der Waals surface area contributed by atoms with E-state index in [1.54, 1.807) is 11.3 Å². The molecule has 186 valence electrons. The summed E-state index contributed by atoms with van der Waals surface area (Å²) in [6.07, 6.45) is 6.45. The first kappa shape index (κ1) is 24.1. The lowest BCUT2D eigenvalue weighted by atomic mass is 9.91. The minimum Gasteiger partial charge on any atom is -0.351 e. The molecule has 35 heavy (non-hydrogen) atoms. The minimum absolute atomic E-state index is 0.0156. The van der Waals surface area contributed by atoms with Crippen LogP contribution in [0.4, 0.5) is 0 Å². The van der Waals surface area contributed by atoms with E-state index in [1.807, 2.05) is 24.0 Å². The molecular weight excluding hydrogens is 456 g/mol. The summed E-state index contributed by atoms with van der Waals surface area (Å²) >= 11 is 1.64. The van der Waals surface area contributed by atoms with Gasteiger partial charge in [0.25, 0.3) is 5.91 Å². The molecule has 2 amide bonds. The highest BCUT2D eigenvalue weighted by Gasteiger charge is 2.48. The van der Waals surface area contributed by atoms with Crippen LogP contribution < -0.4 is 5.32 Å². The van der Waals surface area contributed by atoms with Gasteiger partial charge in [-0.2, -0.15) is 0 Å². The number of rotatable bonds is 8. The van der Waals surface area contributed by atoms with Gasteiger partial charge < -0.3 is 19.7 Å². The summed E-state index contributed by atoms with van der Waals surface area (Å²) in [5.41, 5.74) is 2.12. The first-order chi connectivity index (χ1) is 17.0. The number of hydrogen-bond donors (Lipinski definition) is 1. The molecule has 0 bridgehead atoms. The predicted molar refractivity (Wildman–Crippen MR) is 142 cm³/mol. The monoisotopic (exact) mass is 492 g/mol. The minimum atomic E-state index is -0.909. The first-order valence-electron chi connectivity index (χ1n) is 12.9. The van der Waals surface area contributed by atoms with E-state index in [4.69, 9.17) is 0 Å². The molecule has 1 unspecified atom stereocenters. The Kier molecular flexibility index (Phi) is 6.98. The van der Waals surface area contributed by atoms with E-state index in [9.17, 15) is 9.59 Å². The van der Waals surface area contributed by atoms with Gasteiger partial charge in [0.2, 0.25) is 5.91 Å². The molecule has 3 heterocycles. The van der Waals surface area contributed by atoms with E-state index in [1.165, 1.54) is 12.0 Å². The van der Waals surface area contributed by atoms with Crippen LogP contribution in [0.3, 0.4) is 0 Å². The van der Waals surface area contributed by atoms with E-state index in [-0.39, 0.29) is 17.9 Å². The molecule has 1 aliphatic heterocycles. The van der Waals surface area contributed by atoms with Crippen LogP contribution in [0.25, 0.3) is 10.2 Å². The number of hydrogen-bond acceptors (Lipinski definition) is 4. The average Bonchev–Trinajstić information content (AvgIpc) is 3.45. The molecule has 0 spiro atoms. The average molecular weight is 493 g/mol. The van der Waals surface area contributed by atoms with E-state index >= 15 is 0 Å². The molecule has 1 fully saturated rings. The fraction of sp³-hybridized carbons (Fsp3) is 0.500. The molecule has 3 aromatic rings. The third kappa shape index (κ3) is 4.89. The van der Waals surface area contributed by atoms with Crippen molar-refractivity contribution in [2.24, 2.45) is 0 Å². The Morgan fingerprint density at radius 1 is 1.17 bits per heavy atom. The quantitative estimate of drug-likeness (QED) is 0.487. The summed E-state index contributed by atoms with van der Waals surface area (Å²) < 4.78 is 3.17. The van der Waals surface area contributed by atoms with Gasteiger partial charge >= 0.3 is 0 Å². The summed E-state index contributed by atoms with van der Waals surface area (Å²) in [4.78, 5) is 31.7. The number of fused-ring (bicyclic) bond motifs is 3. The topological polar surface area (TPSA) is 57.6 Å². The number of aromatic nitrogens is 1. The van der Waals surface area contributed by atoms with Crippen molar-refractivity contribution in [3.63, 3.8) is 0 Å². The molecule has 1 aromatic carbocycles. The molecule has 2 aliphatic rings. The summed E-state index contributed by atoms with van der Waals surface area (Å²) in [5.74, 6) is -0.0511. The van der Waals surface area contributed by atoms with Crippen LogP contribution in [-0.2, 0) is 17.9 Å². The Morgan fingerprint density at radius 3 is 2.71 bits per heavy atom. The zero-order valence-corrected chi connectivity index (χ0v) is 21.7. The van der Waals surface area contributed by atoms with Crippen molar-refractivity contribution in [3.05, 3.63) is 59.1 Å². The lowest BCUT2D eigenvalue weighted by Gasteiger charge is -2.45. The summed E-state index contributed by atoms with van der Waals surface area (Å²) in [7, 11) is 2.11. The number of nitrogens with zero attached hydrogens (tertiary/aromatic N) is 3. The number of thiophene rings is 1. The first-order valence-corrected chi connectivity index (χ1v) is 13.8. The van der Waals surface area contributed by atoms with E-state index in [2.05, 4.69) is 57.5 Å². The molecule has 0 saturated heterocycles. The maximum Gasteiger partial charge on any atom is 0.271 e. The standard InChI is InChI=1S/C28H36N4O2S/c1-28(27(34)29-22-12-7-4-8-13-22)20-31-23-14-17-35-25(23)18-24(31)26(33)32(28)16-9-15-30(2)19-21-10-5-3-6-11-21/h3,5-6,10-11,14,17-18,22H,4,7-9,12-13,15-16,19-20H2,1-2H3,(H,29,34). The van der Waals surface area contributed by atoms with Gasteiger partial charge in [-0.15, -0.1) is 11.3 Å². The third-order valence-corrected chi connectivity index (χ3v) is 8.55. The predicted octanol–water partition coefficient (Wildman–Crippen LogP) is 4.89. The Balaban J connectivity index is 1.34. The second kappa shape index (κ2) is 10.2. The molecule has 2 aromatic heterocycles. The van der Waals surface area contributed by atoms with Crippen LogP contribution in [0.15, 0.2) is 47.8 Å². The van der Waals surface area contributed by atoms with Gasteiger partial charge in [0, 0.05) is 19.1 Å². The molecule has 1 aliphatic carbocycles. The fourth-order valence-corrected chi connectivity index (χ4v) is 6.51. The second-order valence-corrected chi connectivity index (χ2v) is 11.3. The molecule has 1 atom stereocenters. The lowest BCUT2D eigenvalue weighted by Crippen LogP contribution is -2.65. The van der Waals surface area contributed by atoms with Gasteiger partial charge in [-0.05, 0) is 62.9 Å². The van der Waals surface area contributed by atoms with Crippen molar-refractivity contribution in [3.8, 4) is 0 Å². The highest BCUT2D eigenvalue weighted by molar-refractivity contribution is 7.17. The Labute approximate surface area is 211 Å². The Bertz CT molecular complexity index is 1180. The highest BCUT2D eigenvalue weighted by Crippen LogP contribution is 2.34. The maximum atomic E-state index is 13.8. The second-order valence-electron chi connectivity index (χ2n) is 10.4. The van der Waals surface area contributed by atoms with Crippen LogP contribution in [-0.4, -0.2) is 57.9 Å². The van der Waals surface area contributed by atoms with Crippen molar-refractivity contribution in [2.45, 2.75) is 70.1 Å². The number of carbonyl (C=O) groups is 2. The largest absolute Gasteiger partial charge is 0.351 e. The molecule has 7 heteroatoms. The van der Waals surface area contributed by atoms with Crippen molar-refractivity contribution in [1.29, 1.82) is 0 Å². The number of benzene rings is 1. The summed E-state index contributed by atoms with van der Waals surface area (Å²) in [6.45, 7) is 4.73. The zero-order chi connectivity index (χ0) is 24.4. The number of carbonyl (C=O) groups excluding carboxylic acids is 2. The van der Waals surface area contributed by atoms with Gasteiger partial charge in [0.15, 0.2) is 0 Å². The zero-order valence-electron chi connectivity index (χ0n) is 20.8. The Morgan fingerprint density at radius 2 is 1.94 bits per heavy atom. The molecule has 1 N–H and O–H groups in total. The van der Waals surface area contributed by atoms with Crippen LogP contribution in [0.2, 0.25) is 0 Å². The van der Waals surface area contributed by atoms with Crippen molar-refractivity contribution < 1.29 is 9.59 Å². The number of amides is 2. The van der Waals surface area contributed by atoms with E-state index in [0.29, 0.717) is 18.8 Å². The molecule has 0 radical (unpaired) electrons. The fourth-order valence-electron chi connectivity index (χ4n) is 5.68. The van der Waals surface area contributed by atoms with Gasteiger partial charge in [-0.3, -0.25) is 9.59 Å². The van der Waals surface area contributed by atoms with Crippen LogP contribution in [0.1, 0.15) is 61.5 Å². The highest BCUT2D eigenvalue weighted by atomic mass is 32.1. The lowest BCUT2D eigenvalue weighted by molar-refractivity contribution is -0.133. The third-order valence-electron chi connectivity index (χ3n) is 7.70. The summed E-state index contributed by atoms with van der Waals surface area (Å²) in [6, 6.07) is 14.7. The number of nitrogens with one attached hydrogen (secondary N) is 1. The smallest absolute Gasteiger partial charge is 0.271 e. The van der Waals surface area contributed by atoms with E-state index in [0.717, 1.165) is 55.4 Å². The van der Waals surface area contributed by atoms with Crippen molar-refractivity contribution >= 4 is 33.4 Å². The molecule has 1 saturated carbocycles. The molecular formula is C28H36N4O2S. The summed E-state index contributed by atoms with van der Waals surface area (Å²) in [5, 5.41) is 5.37. The normalized spacial score (nSPS) is 21.0. The molecule has 6 nitrogen and oxygen atoms in total.